The Morgan fingerprint density at radius 1 is 0.258 bits per heavy atom. The molecule has 0 unspecified atom stereocenters. The van der Waals surface area contributed by atoms with Gasteiger partial charge in [-0.2, -0.15) is 0 Å². The number of fused-ring (bicyclic) bond motifs is 4. The zero-order chi connectivity index (χ0) is 41.6. The van der Waals surface area contributed by atoms with Crippen LogP contribution in [0.2, 0.25) is 0 Å². The predicted octanol–water partition coefficient (Wildman–Crippen LogP) is 17.0. The van der Waals surface area contributed by atoms with Crippen molar-refractivity contribution in [2.45, 2.75) is 19.3 Å². The quantitative estimate of drug-likeness (QED) is 0.148. The molecule has 1 heteroatoms. The van der Waals surface area contributed by atoms with Crippen molar-refractivity contribution in [2.75, 3.05) is 4.90 Å². The molecule has 62 heavy (non-hydrogen) atoms. The smallest absolute Gasteiger partial charge is 0.0465 e. The molecule has 0 spiro atoms. The Hall–Kier alpha value is -7.74. The van der Waals surface area contributed by atoms with Crippen LogP contribution < -0.4 is 4.90 Å². The first-order valence-electron chi connectivity index (χ1n) is 21.6. The summed E-state index contributed by atoms with van der Waals surface area (Å²) >= 11 is 0. The maximum absolute atomic E-state index is 2.43. The van der Waals surface area contributed by atoms with Gasteiger partial charge < -0.3 is 4.90 Å². The molecule has 10 aromatic carbocycles. The highest BCUT2D eigenvalue weighted by Crippen LogP contribution is 2.52. The summed E-state index contributed by atoms with van der Waals surface area (Å²) in [7, 11) is 0. The lowest BCUT2D eigenvalue weighted by molar-refractivity contribution is 0.660. The molecule has 0 amide bonds. The van der Waals surface area contributed by atoms with Crippen molar-refractivity contribution >= 4 is 27.8 Å². The van der Waals surface area contributed by atoms with Crippen LogP contribution in [0.4, 0.5) is 17.1 Å². The minimum Gasteiger partial charge on any atom is -0.310 e. The molecule has 0 aromatic heterocycles. The van der Waals surface area contributed by atoms with Gasteiger partial charge in [-0.3, -0.25) is 0 Å². The molecule has 1 aliphatic rings. The van der Waals surface area contributed by atoms with E-state index >= 15 is 0 Å². The summed E-state index contributed by atoms with van der Waals surface area (Å²) in [5.74, 6) is 0. The summed E-state index contributed by atoms with van der Waals surface area (Å²) < 4.78 is 0. The zero-order valence-corrected chi connectivity index (χ0v) is 35.0. The van der Waals surface area contributed by atoms with E-state index in [1.807, 2.05) is 0 Å². The Morgan fingerprint density at radius 3 is 1.10 bits per heavy atom. The minimum absolute atomic E-state index is 0.184. The molecule has 10 aromatic rings. The molecular formula is C61H45N. The molecule has 0 heterocycles. The van der Waals surface area contributed by atoms with Gasteiger partial charge in [0.05, 0.1) is 0 Å². The second-order valence-electron chi connectivity index (χ2n) is 17.0. The summed E-state index contributed by atoms with van der Waals surface area (Å²) in [6.45, 7) is 4.76. The summed E-state index contributed by atoms with van der Waals surface area (Å²) in [6, 6.07) is 86.5. The second kappa shape index (κ2) is 15.4. The van der Waals surface area contributed by atoms with E-state index in [0.717, 1.165) is 17.1 Å². The summed E-state index contributed by atoms with van der Waals surface area (Å²) in [5.41, 5.74) is 20.7. The average Bonchev–Trinajstić information content (AvgIpc) is 3.57. The van der Waals surface area contributed by atoms with Crippen LogP contribution in [0.15, 0.2) is 237 Å². The van der Waals surface area contributed by atoms with Gasteiger partial charge in [0.1, 0.15) is 0 Å². The lowest BCUT2D eigenvalue weighted by Crippen LogP contribution is -2.16. The zero-order valence-electron chi connectivity index (χ0n) is 35.0. The van der Waals surface area contributed by atoms with E-state index in [1.54, 1.807) is 0 Å². The fraction of sp³-hybridized carbons (Fsp3) is 0.0492. The molecule has 1 aliphatic carbocycles. The molecule has 0 radical (unpaired) electrons. The van der Waals surface area contributed by atoms with Crippen LogP contribution in [0.5, 0.6) is 0 Å². The summed E-state index contributed by atoms with van der Waals surface area (Å²) in [4.78, 5) is 2.40. The van der Waals surface area contributed by atoms with E-state index < -0.39 is 0 Å². The normalized spacial score (nSPS) is 12.5. The molecule has 0 aliphatic heterocycles. The Morgan fingerprint density at radius 2 is 0.597 bits per heavy atom. The number of nitrogens with zero attached hydrogens (tertiary/aromatic N) is 1. The molecular weight excluding hydrogens is 747 g/mol. The first kappa shape index (κ1) is 37.3. The van der Waals surface area contributed by atoms with E-state index in [0.29, 0.717) is 0 Å². The van der Waals surface area contributed by atoms with E-state index in [-0.39, 0.29) is 5.41 Å². The van der Waals surface area contributed by atoms with Crippen LogP contribution >= 0.6 is 0 Å². The minimum atomic E-state index is -0.184. The van der Waals surface area contributed by atoms with Gasteiger partial charge >= 0.3 is 0 Å². The SMILES string of the molecule is CC1(C)c2cc(-c3ccc4ccccc4c3)ccc2-c2ccc(N(c3ccc(-c4ccccc4)cc3)c3ccc(-c4ccc(-c5ccc(-c6ccccc6)cc5)cc4)cc3)cc21. The van der Waals surface area contributed by atoms with Crippen LogP contribution in [-0.2, 0) is 5.41 Å². The number of anilines is 3. The Balaban J connectivity index is 0.921. The molecule has 0 fully saturated rings. The van der Waals surface area contributed by atoms with Gasteiger partial charge in [0.25, 0.3) is 0 Å². The van der Waals surface area contributed by atoms with Gasteiger partial charge in [-0.15, -0.1) is 0 Å². The molecule has 0 atom stereocenters. The molecule has 294 valence electrons. The monoisotopic (exact) mass is 791 g/mol. The van der Waals surface area contributed by atoms with Gasteiger partial charge in [0, 0.05) is 22.5 Å². The third kappa shape index (κ3) is 6.79. The first-order chi connectivity index (χ1) is 30.5. The first-order valence-corrected chi connectivity index (χ1v) is 21.6. The molecule has 0 N–H and O–H groups in total. The highest BCUT2D eigenvalue weighted by molar-refractivity contribution is 5.91. The lowest BCUT2D eigenvalue weighted by Gasteiger charge is -2.28. The van der Waals surface area contributed by atoms with Crippen molar-refractivity contribution in [1.29, 1.82) is 0 Å². The third-order valence-electron chi connectivity index (χ3n) is 12.9. The standard InChI is InChI=1S/C61H45N/c1-61(2)59-40-53(52-26-25-44-15-9-10-16-51(44)39-52)31-37-57(59)58-38-36-56(41-60(58)61)62(54-32-27-49(28-33-54)43-13-7-4-8-14-43)55-34-29-50(30-35-55)48-23-21-47(22-24-48)46-19-17-45(18-20-46)42-11-5-3-6-12-42/h3-41H,1-2H3. The third-order valence-corrected chi connectivity index (χ3v) is 12.9. The lowest BCUT2D eigenvalue weighted by atomic mass is 9.81. The molecule has 0 saturated heterocycles. The predicted molar refractivity (Wildman–Crippen MR) is 263 cm³/mol. The van der Waals surface area contributed by atoms with Crippen molar-refractivity contribution in [3.63, 3.8) is 0 Å². The van der Waals surface area contributed by atoms with Gasteiger partial charge in [0.15, 0.2) is 0 Å². The summed E-state index contributed by atoms with van der Waals surface area (Å²) in [6.07, 6.45) is 0. The highest BCUT2D eigenvalue weighted by Gasteiger charge is 2.36. The Kier molecular flexibility index (Phi) is 9.24. The van der Waals surface area contributed by atoms with Crippen LogP contribution in [-0.4, -0.2) is 0 Å². The van der Waals surface area contributed by atoms with Crippen molar-refractivity contribution in [2.24, 2.45) is 0 Å². The molecule has 0 saturated carbocycles. The Bertz CT molecular complexity index is 3200. The highest BCUT2D eigenvalue weighted by atomic mass is 15.1. The van der Waals surface area contributed by atoms with Crippen LogP contribution in [0.1, 0.15) is 25.0 Å². The maximum atomic E-state index is 2.43. The van der Waals surface area contributed by atoms with E-state index in [2.05, 4.69) is 255 Å². The van der Waals surface area contributed by atoms with Crippen LogP contribution in [0.3, 0.4) is 0 Å². The molecule has 0 bridgehead atoms. The van der Waals surface area contributed by atoms with Crippen molar-refractivity contribution in [1.82, 2.24) is 0 Å². The molecule has 11 rings (SSSR count). The summed E-state index contributed by atoms with van der Waals surface area (Å²) in [5, 5.41) is 2.53. The second-order valence-corrected chi connectivity index (χ2v) is 17.0. The number of hydrogen-bond donors (Lipinski definition) is 0. The number of hydrogen-bond acceptors (Lipinski definition) is 1. The van der Waals surface area contributed by atoms with Crippen LogP contribution in [0.25, 0.3) is 77.5 Å². The molecule has 1 nitrogen and oxygen atoms in total. The fourth-order valence-electron chi connectivity index (χ4n) is 9.44. The van der Waals surface area contributed by atoms with Crippen molar-refractivity contribution < 1.29 is 0 Å². The number of rotatable bonds is 8. The van der Waals surface area contributed by atoms with Gasteiger partial charge in [-0.1, -0.05) is 202 Å². The van der Waals surface area contributed by atoms with Crippen LogP contribution in [0, 0.1) is 0 Å². The Labute approximate surface area is 364 Å². The van der Waals surface area contributed by atoms with Gasteiger partial charge in [0.2, 0.25) is 0 Å². The van der Waals surface area contributed by atoms with E-state index in [4.69, 9.17) is 0 Å². The van der Waals surface area contributed by atoms with Crippen molar-refractivity contribution in [3.05, 3.63) is 248 Å². The van der Waals surface area contributed by atoms with Gasteiger partial charge in [-0.25, -0.2) is 0 Å². The average molecular weight is 792 g/mol. The van der Waals surface area contributed by atoms with E-state index in [1.165, 1.54) is 88.7 Å². The maximum Gasteiger partial charge on any atom is 0.0465 e. The topological polar surface area (TPSA) is 3.24 Å². The van der Waals surface area contributed by atoms with E-state index in [9.17, 15) is 0 Å². The van der Waals surface area contributed by atoms with Gasteiger partial charge in [-0.05, 0) is 137 Å². The van der Waals surface area contributed by atoms with Crippen molar-refractivity contribution in [3.8, 4) is 66.8 Å². The fourth-order valence-corrected chi connectivity index (χ4v) is 9.44. The number of benzene rings is 10. The largest absolute Gasteiger partial charge is 0.310 e.